The number of halogens is 1. The number of hydrogen-bond donors (Lipinski definition) is 0. The second kappa shape index (κ2) is 6.83. The molecule has 0 saturated heterocycles. The highest BCUT2D eigenvalue weighted by atomic mass is 35.5. The quantitative estimate of drug-likeness (QED) is 0.597. The molecule has 2 rings (SSSR count). The van der Waals surface area contributed by atoms with Crippen LogP contribution in [0.2, 0.25) is 0 Å². The molecule has 1 aromatic heterocycles. The lowest BCUT2D eigenvalue weighted by Crippen LogP contribution is -1.93. The summed E-state index contributed by atoms with van der Waals surface area (Å²) < 4.78 is 5.43. The van der Waals surface area contributed by atoms with E-state index in [1.807, 2.05) is 30.3 Å². The lowest BCUT2D eigenvalue weighted by molar-refractivity contribution is 0.121. The van der Waals surface area contributed by atoms with Crippen molar-refractivity contribution in [1.29, 1.82) is 0 Å². The molecule has 2 aromatic rings. The fourth-order valence-corrected chi connectivity index (χ4v) is 2.61. The number of aromatic nitrogens is 2. The van der Waals surface area contributed by atoms with Gasteiger partial charge in [0.05, 0.1) is 0 Å². The zero-order valence-electron chi connectivity index (χ0n) is 10.2. The molecule has 18 heavy (non-hydrogen) atoms. The van der Waals surface area contributed by atoms with E-state index in [1.165, 1.54) is 11.3 Å². The first-order valence-corrected chi connectivity index (χ1v) is 7.15. The Morgan fingerprint density at radius 2 is 2.06 bits per heavy atom. The van der Waals surface area contributed by atoms with Gasteiger partial charge in [0.2, 0.25) is 0 Å². The maximum atomic E-state index is 6.37. The average molecular weight is 283 g/mol. The van der Waals surface area contributed by atoms with E-state index in [9.17, 15) is 0 Å². The van der Waals surface area contributed by atoms with Gasteiger partial charge in [-0.25, -0.2) is 0 Å². The summed E-state index contributed by atoms with van der Waals surface area (Å²) >= 11 is 7.88. The van der Waals surface area contributed by atoms with Crippen molar-refractivity contribution < 1.29 is 4.74 Å². The molecule has 0 saturated carbocycles. The van der Waals surface area contributed by atoms with Gasteiger partial charge in [0.15, 0.2) is 0 Å². The summed E-state index contributed by atoms with van der Waals surface area (Å²) in [5.41, 5.74) is 1.04. The lowest BCUT2D eigenvalue weighted by Gasteiger charge is -2.04. The summed E-state index contributed by atoms with van der Waals surface area (Å²) in [5, 5.41) is 9.68. The molecule has 1 atom stereocenters. The molecule has 3 nitrogen and oxygen atoms in total. The minimum Gasteiger partial charge on any atom is -0.374 e. The van der Waals surface area contributed by atoms with Gasteiger partial charge in [-0.1, -0.05) is 48.6 Å². The molecule has 0 fully saturated rings. The molecule has 0 aliphatic heterocycles. The van der Waals surface area contributed by atoms with Crippen LogP contribution in [0.15, 0.2) is 30.3 Å². The van der Waals surface area contributed by atoms with Gasteiger partial charge in [-0.3, -0.25) is 0 Å². The van der Waals surface area contributed by atoms with Crippen LogP contribution in [0.3, 0.4) is 0 Å². The molecule has 0 bridgehead atoms. The fourth-order valence-electron chi connectivity index (χ4n) is 1.50. The van der Waals surface area contributed by atoms with E-state index >= 15 is 0 Å². The van der Waals surface area contributed by atoms with E-state index in [0.717, 1.165) is 28.6 Å². The molecule has 0 spiro atoms. The summed E-state index contributed by atoms with van der Waals surface area (Å²) in [6.45, 7) is 3.34. The van der Waals surface area contributed by atoms with E-state index < -0.39 is 0 Å². The molecule has 5 heteroatoms. The van der Waals surface area contributed by atoms with Crippen LogP contribution >= 0.6 is 22.9 Å². The number of nitrogens with zero attached hydrogens (tertiary/aromatic N) is 2. The fraction of sp³-hybridized carbons (Fsp3) is 0.385. The first-order valence-electron chi connectivity index (χ1n) is 5.90. The van der Waals surface area contributed by atoms with Gasteiger partial charge < -0.3 is 4.74 Å². The molecule has 0 radical (unpaired) electrons. The number of hydrogen-bond acceptors (Lipinski definition) is 4. The molecule has 0 N–H and O–H groups in total. The Morgan fingerprint density at radius 3 is 2.78 bits per heavy atom. The summed E-state index contributed by atoms with van der Waals surface area (Å²) in [4.78, 5) is 0. The van der Waals surface area contributed by atoms with Crippen LogP contribution in [0.25, 0.3) is 0 Å². The molecular weight excluding hydrogens is 268 g/mol. The molecule has 1 unspecified atom stereocenters. The Kier molecular flexibility index (Phi) is 5.11. The summed E-state index contributed by atoms with van der Waals surface area (Å²) in [7, 11) is 0. The lowest BCUT2D eigenvalue weighted by atomic mass is 10.1. The van der Waals surface area contributed by atoms with Crippen LogP contribution in [0.1, 0.15) is 34.3 Å². The highest BCUT2D eigenvalue weighted by Crippen LogP contribution is 2.30. The Balaban J connectivity index is 2.01. The van der Waals surface area contributed by atoms with Crippen molar-refractivity contribution in [1.82, 2.24) is 10.2 Å². The van der Waals surface area contributed by atoms with Crippen LogP contribution in [-0.2, 0) is 11.3 Å². The molecule has 0 aliphatic carbocycles. The van der Waals surface area contributed by atoms with Gasteiger partial charge >= 0.3 is 0 Å². The van der Waals surface area contributed by atoms with Crippen molar-refractivity contribution in [2.24, 2.45) is 0 Å². The number of ether oxygens (including phenoxy) is 1. The standard InChI is InChI=1S/C13H15ClN2OS/c1-2-8-17-9-11-15-16-13(18-11)12(14)10-6-4-3-5-7-10/h3-7,12H,2,8-9H2,1H3. The average Bonchev–Trinajstić information content (AvgIpc) is 2.88. The van der Waals surface area contributed by atoms with Crippen molar-refractivity contribution in [3.05, 3.63) is 45.9 Å². The first-order chi connectivity index (χ1) is 8.81. The predicted octanol–water partition coefficient (Wildman–Crippen LogP) is 3.79. The van der Waals surface area contributed by atoms with Crippen molar-refractivity contribution in [3.8, 4) is 0 Å². The number of alkyl halides is 1. The van der Waals surface area contributed by atoms with Gasteiger partial charge in [0, 0.05) is 6.61 Å². The number of rotatable bonds is 6. The van der Waals surface area contributed by atoms with Crippen molar-refractivity contribution in [3.63, 3.8) is 0 Å². The highest BCUT2D eigenvalue weighted by Gasteiger charge is 2.15. The Hall–Kier alpha value is -0.970. The van der Waals surface area contributed by atoms with Gasteiger partial charge in [0.1, 0.15) is 22.0 Å². The van der Waals surface area contributed by atoms with Crippen LogP contribution in [0, 0.1) is 0 Å². The molecular formula is C13H15ClN2OS. The van der Waals surface area contributed by atoms with Gasteiger partial charge in [-0.05, 0) is 12.0 Å². The smallest absolute Gasteiger partial charge is 0.143 e. The summed E-state index contributed by atoms with van der Waals surface area (Å²) in [5.74, 6) is 0. The van der Waals surface area contributed by atoms with Crippen LogP contribution in [-0.4, -0.2) is 16.8 Å². The first kappa shape index (κ1) is 13.5. The van der Waals surface area contributed by atoms with E-state index in [2.05, 4.69) is 17.1 Å². The monoisotopic (exact) mass is 282 g/mol. The minimum atomic E-state index is -0.233. The number of benzene rings is 1. The van der Waals surface area contributed by atoms with E-state index in [4.69, 9.17) is 16.3 Å². The topological polar surface area (TPSA) is 35.0 Å². The van der Waals surface area contributed by atoms with Gasteiger partial charge in [0.25, 0.3) is 0 Å². The van der Waals surface area contributed by atoms with Crippen molar-refractivity contribution in [2.75, 3.05) is 6.61 Å². The van der Waals surface area contributed by atoms with Gasteiger partial charge in [-0.2, -0.15) is 0 Å². The SMILES string of the molecule is CCCOCc1nnc(C(Cl)c2ccccc2)s1. The zero-order chi connectivity index (χ0) is 12.8. The Morgan fingerprint density at radius 1 is 1.28 bits per heavy atom. The Bertz CT molecular complexity index is 475. The van der Waals surface area contributed by atoms with E-state index in [-0.39, 0.29) is 5.38 Å². The van der Waals surface area contributed by atoms with E-state index in [1.54, 1.807) is 0 Å². The molecule has 1 aromatic carbocycles. The van der Waals surface area contributed by atoms with Crippen molar-refractivity contribution >= 4 is 22.9 Å². The normalized spacial score (nSPS) is 12.6. The largest absolute Gasteiger partial charge is 0.374 e. The zero-order valence-corrected chi connectivity index (χ0v) is 11.7. The highest BCUT2D eigenvalue weighted by molar-refractivity contribution is 7.11. The maximum absolute atomic E-state index is 6.37. The van der Waals surface area contributed by atoms with Crippen LogP contribution in [0.4, 0.5) is 0 Å². The molecule has 0 amide bonds. The Labute approximate surface area is 116 Å². The van der Waals surface area contributed by atoms with Crippen LogP contribution in [0.5, 0.6) is 0 Å². The molecule has 0 aliphatic rings. The van der Waals surface area contributed by atoms with Crippen LogP contribution < -0.4 is 0 Å². The second-order valence-corrected chi connectivity index (χ2v) is 5.39. The predicted molar refractivity (Wildman–Crippen MR) is 74.0 cm³/mol. The molecule has 1 heterocycles. The third kappa shape index (κ3) is 3.51. The maximum Gasteiger partial charge on any atom is 0.143 e. The minimum absolute atomic E-state index is 0.233. The second-order valence-electron chi connectivity index (χ2n) is 3.86. The third-order valence-corrected chi connectivity index (χ3v) is 3.92. The molecule has 96 valence electrons. The summed E-state index contributed by atoms with van der Waals surface area (Å²) in [6, 6.07) is 9.89. The van der Waals surface area contributed by atoms with Crippen molar-refractivity contribution in [2.45, 2.75) is 25.3 Å². The van der Waals surface area contributed by atoms with Gasteiger partial charge in [-0.15, -0.1) is 21.8 Å². The summed E-state index contributed by atoms with van der Waals surface area (Å²) in [6.07, 6.45) is 1.01. The third-order valence-electron chi connectivity index (χ3n) is 2.37. The van der Waals surface area contributed by atoms with E-state index in [0.29, 0.717) is 6.61 Å².